The predicted molar refractivity (Wildman–Crippen MR) is 146 cm³/mol. The molecular weight excluding hydrogens is 681 g/mol. The van der Waals surface area contributed by atoms with E-state index in [4.69, 9.17) is 15.9 Å². The molecule has 0 aromatic heterocycles. The zero-order valence-corrected chi connectivity index (χ0v) is 27.5. The fourth-order valence-corrected chi connectivity index (χ4v) is 4.28. The molecule has 0 spiro atoms. The molecule has 2 aromatic carbocycles. The monoisotopic (exact) mass is 722 g/mol. The Balaban J connectivity index is 0.00000648. The Bertz CT molecular complexity index is 1030. The van der Waals surface area contributed by atoms with Crippen LogP contribution in [0, 0.1) is 49.5 Å². The smallest absolute Gasteiger partial charge is 0.343 e. The average molecular weight is 723 g/mol. The Morgan fingerprint density at radius 3 is 1.89 bits per heavy atom. The molecular formula is C29H41AcN3O4. The van der Waals surface area contributed by atoms with E-state index >= 15 is 0 Å². The van der Waals surface area contributed by atoms with E-state index in [1.807, 2.05) is 25.1 Å². The maximum atomic E-state index is 13.5. The second-order valence-corrected chi connectivity index (χ2v) is 8.81. The van der Waals surface area contributed by atoms with Gasteiger partial charge in [0.15, 0.2) is 0 Å². The number of nitrogens with two attached hydrogens (primary N) is 1. The van der Waals surface area contributed by atoms with E-state index < -0.39 is 5.97 Å². The van der Waals surface area contributed by atoms with Crippen LogP contribution in [0.25, 0.3) is 6.08 Å². The average Bonchev–Trinajstić information content (AvgIpc) is 2.86. The van der Waals surface area contributed by atoms with Crippen LogP contribution in [0.15, 0.2) is 54.1 Å². The summed E-state index contributed by atoms with van der Waals surface area (Å²) in [5, 5.41) is 7.43. The predicted octanol–water partition coefficient (Wildman–Crippen LogP) is 5.36. The van der Waals surface area contributed by atoms with Gasteiger partial charge in [-0.05, 0) is 80.6 Å². The molecule has 199 valence electrons. The molecule has 1 atom stereocenters. The van der Waals surface area contributed by atoms with E-state index in [0.29, 0.717) is 22.4 Å². The fourth-order valence-electron chi connectivity index (χ4n) is 4.28. The number of nitrogens with one attached hydrogen (secondary N) is 1. The first-order valence-electron chi connectivity index (χ1n) is 12.5. The van der Waals surface area contributed by atoms with Crippen LogP contribution in [-0.4, -0.2) is 40.2 Å². The van der Waals surface area contributed by atoms with Gasteiger partial charge < -0.3 is 20.8 Å². The van der Waals surface area contributed by atoms with Crippen LogP contribution in [0.1, 0.15) is 88.2 Å². The molecule has 0 aliphatic rings. The molecule has 0 saturated heterocycles. The number of hydrogen-bond acceptors (Lipinski definition) is 4. The minimum atomic E-state index is -0.478. The molecule has 0 aliphatic carbocycles. The molecule has 0 aliphatic heterocycles. The molecule has 0 saturated carbocycles. The summed E-state index contributed by atoms with van der Waals surface area (Å²) in [7, 11) is 0. The largest absolute Gasteiger partial charge is 0.423 e. The fraction of sp³-hybridized carbons (Fsp3) is 0.414. The van der Waals surface area contributed by atoms with E-state index in [1.165, 1.54) is 0 Å². The Morgan fingerprint density at radius 2 is 1.43 bits per heavy atom. The number of amidine groups is 1. The number of nitrogens with zero attached hydrogens (tertiary/aromatic N) is 1. The molecule has 0 fully saturated rings. The van der Waals surface area contributed by atoms with Crippen LogP contribution in [0.2, 0.25) is 0 Å². The van der Waals surface area contributed by atoms with Crippen LogP contribution in [0.5, 0.6) is 5.75 Å². The maximum Gasteiger partial charge on any atom is 0.343 e. The van der Waals surface area contributed by atoms with Gasteiger partial charge in [0.2, 0.25) is 5.91 Å². The van der Waals surface area contributed by atoms with E-state index in [-0.39, 0.29) is 73.4 Å². The van der Waals surface area contributed by atoms with Gasteiger partial charge in [-0.15, -0.1) is 0 Å². The van der Waals surface area contributed by atoms with Crippen LogP contribution in [0.4, 0.5) is 0 Å². The molecule has 1 unspecified atom stereocenters. The van der Waals surface area contributed by atoms with Crippen molar-refractivity contribution in [2.75, 3.05) is 0 Å². The molecule has 1 radical (unpaired) electrons. The number of amides is 1. The molecule has 37 heavy (non-hydrogen) atoms. The van der Waals surface area contributed by atoms with Crippen molar-refractivity contribution in [1.29, 1.82) is 5.41 Å². The van der Waals surface area contributed by atoms with Gasteiger partial charge >= 0.3 is 5.97 Å². The summed E-state index contributed by atoms with van der Waals surface area (Å²) < 4.78 is 5.41. The first kappa shape index (κ1) is 35.0. The molecule has 7 nitrogen and oxygen atoms in total. The van der Waals surface area contributed by atoms with Crippen LogP contribution in [0.3, 0.4) is 0 Å². The minimum absolute atomic E-state index is 0. The number of hydrogen-bond donors (Lipinski definition) is 2. The van der Waals surface area contributed by atoms with Gasteiger partial charge in [0.05, 0.1) is 5.56 Å². The summed E-state index contributed by atoms with van der Waals surface area (Å²) in [6.45, 7) is 10.5. The first-order chi connectivity index (χ1) is 16.7. The molecule has 2 aromatic rings. The molecule has 1 amide bonds. The zero-order valence-electron chi connectivity index (χ0n) is 22.7. The second-order valence-electron chi connectivity index (χ2n) is 8.81. The second kappa shape index (κ2) is 17.5. The normalized spacial score (nSPS) is 11.7. The van der Waals surface area contributed by atoms with Gasteiger partial charge in [0.25, 0.3) is 0 Å². The Morgan fingerprint density at radius 1 is 0.919 bits per heavy atom. The summed E-state index contributed by atoms with van der Waals surface area (Å²) >= 11 is 0. The van der Waals surface area contributed by atoms with Gasteiger partial charge in [-0.2, -0.15) is 0 Å². The molecule has 0 heterocycles. The zero-order chi connectivity index (χ0) is 26.0. The van der Waals surface area contributed by atoms with Gasteiger partial charge in [0.1, 0.15) is 11.6 Å². The van der Waals surface area contributed by atoms with Crippen molar-refractivity contribution in [1.82, 2.24) is 4.90 Å². The van der Waals surface area contributed by atoms with Crippen molar-refractivity contribution in [3.05, 3.63) is 70.8 Å². The van der Waals surface area contributed by atoms with Crippen molar-refractivity contribution in [2.24, 2.45) is 5.73 Å². The van der Waals surface area contributed by atoms with Gasteiger partial charge in [0, 0.05) is 67.3 Å². The molecule has 2 rings (SSSR count). The van der Waals surface area contributed by atoms with Crippen LogP contribution < -0.4 is 10.5 Å². The van der Waals surface area contributed by atoms with Crippen molar-refractivity contribution < 1.29 is 63.9 Å². The third kappa shape index (κ3) is 10.00. The van der Waals surface area contributed by atoms with Crippen molar-refractivity contribution in [2.45, 2.75) is 78.8 Å². The van der Waals surface area contributed by atoms with Crippen LogP contribution >= 0.6 is 0 Å². The molecule has 8 heteroatoms. The number of ether oxygens (including phenoxy) is 1. The number of carbonyl (C=O) groups is 2. The number of rotatable bonds is 12. The first-order valence-corrected chi connectivity index (χ1v) is 12.5. The SMILES string of the molecule is CCCC(CC)N(C(=O)/C(C)=C/c1ccc(C(=O)Oc2ccc(C(=N)N)cc2)cc1)C(CC)CC.O.[Ac]. The third-order valence-corrected chi connectivity index (χ3v) is 6.30. The topological polar surface area (TPSA) is 128 Å². The van der Waals surface area contributed by atoms with Gasteiger partial charge in [-0.25, -0.2) is 4.79 Å². The van der Waals surface area contributed by atoms with E-state index in [9.17, 15) is 9.59 Å². The number of benzene rings is 2. The Hall–Kier alpha value is -2.01. The summed E-state index contributed by atoms with van der Waals surface area (Å²) in [5.41, 5.74) is 7.97. The summed E-state index contributed by atoms with van der Waals surface area (Å²) in [5.74, 6) is -0.0611. The third-order valence-electron chi connectivity index (χ3n) is 6.30. The van der Waals surface area contributed by atoms with Crippen molar-refractivity contribution >= 4 is 23.8 Å². The van der Waals surface area contributed by atoms with Crippen molar-refractivity contribution in [3.63, 3.8) is 0 Å². The molecule has 0 bridgehead atoms. The summed E-state index contributed by atoms with van der Waals surface area (Å²) in [6, 6.07) is 14.0. The summed E-state index contributed by atoms with van der Waals surface area (Å²) in [4.78, 5) is 28.1. The van der Waals surface area contributed by atoms with Crippen LogP contribution in [-0.2, 0) is 4.79 Å². The van der Waals surface area contributed by atoms with E-state index in [1.54, 1.807) is 36.4 Å². The van der Waals surface area contributed by atoms with E-state index in [2.05, 4.69) is 32.6 Å². The Kier molecular flexibility index (Phi) is 16.5. The van der Waals surface area contributed by atoms with Crippen molar-refractivity contribution in [3.8, 4) is 5.75 Å². The number of carbonyl (C=O) groups excluding carboxylic acids is 2. The van der Waals surface area contributed by atoms with E-state index in [0.717, 1.165) is 37.7 Å². The standard InChI is InChI=1S/C29H39N3O3.Ac.H2O/c1-6-10-25(9-4)32(24(7-2)8-3)28(33)20(5)19-21-11-13-23(14-12-21)29(34)35-26-17-15-22(16-18-26)27(30)31;;/h11-19,24-25H,6-10H2,1-5H3,(H3,30,31);;1H2/b20-19+;;. The molecule has 5 N–H and O–H groups in total. The van der Waals surface area contributed by atoms with Gasteiger partial charge in [-0.1, -0.05) is 46.2 Å². The quantitative estimate of drug-likeness (QED) is 0.101. The summed E-state index contributed by atoms with van der Waals surface area (Å²) in [6.07, 6.45) is 6.74. The number of esters is 1. The Labute approximate surface area is 257 Å². The minimum Gasteiger partial charge on any atom is -0.423 e. The van der Waals surface area contributed by atoms with Gasteiger partial charge in [-0.3, -0.25) is 10.2 Å². The number of nitrogen functional groups attached to an aromatic ring is 1. The maximum absolute atomic E-state index is 13.5.